The zero-order valence-corrected chi connectivity index (χ0v) is 16.0. The highest BCUT2D eigenvalue weighted by Gasteiger charge is 2.09. The third kappa shape index (κ3) is 5.05. The van der Waals surface area contributed by atoms with Crippen molar-refractivity contribution in [1.82, 2.24) is 16.2 Å². The lowest BCUT2D eigenvalue weighted by Gasteiger charge is -2.12. The molecule has 7 heteroatoms. The largest absolute Gasteiger partial charge is 0.483 e. The van der Waals surface area contributed by atoms with Crippen LogP contribution in [0.1, 0.15) is 15.9 Å². The van der Waals surface area contributed by atoms with Crippen molar-refractivity contribution in [2.24, 2.45) is 0 Å². The summed E-state index contributed by atoms with van der Waals surface area (Å²) >= 11 is 5.02. The third-order valence-electron chi connectivity index (χ3n) is 3.93. The first kappa shape index (κ1) is 19.3. The zero-order valence-electron chi connectivity index (χ0n) is 15.2. The number of amides is 2. The molecule has 0 saturated carbocycles. The van der Waals surface area contributed by atoms with Crippen LogP contribution in [0.15, 0.2) is 66.7 Å². The normalized spacial score (nSPS) is 10.2. The topological polar surface area (TPSA) is 79.5 Å². The number of carbonyl (C=O) groups excluding carboxylic acids is 2. The Kier molecular flexibility index (Phi) is 6.18. The van der Waals surface area contributed by atoms with E-state index in [0.717, 1.165) is 16.3 Å². The SMILES string of the molecule is Cc1cccc(C(=O)NC(=S)NNC(=O)COc2cccc3ccccc23)c1. The Bertz CT molecular complexity index is 1030. The minimum atomic E-state index is -0.430. The maximum atomic E-state index is 12.1. The van der Waals surface area contributed by atoms with Crippen molar-refractivity contribution in [2.45, 2.75) is 6.92 Å². The molecule has 0 atom stereocenters. The lowest BCUT2D eigenvalue weighted by atomic mass is 10.1. The Morgan fingerprint density at radius 2 is 1.71 bits per heavy atom. The summed E-state index contributed by atoms with van der Waals surface area (Å²) in [6.07, 6.45) is 0. The van der Waals surface area contributed by atoms with Crippen LogP contribution in [0.2, 0.25) is 0 Å². The van der Waals surface area contributed by atoms with E-state index in [1.807, 2.05) is 49.4 Å². The van der Waals surface area contributed by atoms with Gasteiger partial charge in [-0.15, -0.1) is 0 Å². The van der Waals surface area contributed by atoms with Crippen LogP contribution in [0.4, 0.5) is 0 Å². The molecule has 3 aromatic carbocycles. The van der Waals surface area contributed by atoms with Gasteiger partial charge < -0.3 is 4.74 Å². The summed E-state index contributed by atoms with van der Waals surface area (Å²) in [6, 6.07) is 20.5. The molecule has 0 bridgehead atoms. The van der Waals surface area contributed by atoms with E-state index in [1.165, 1.54) is 0 Å². The molecule has 3 N–H and O–H groups in total. The van der Waals surface area contributed by atoms with E-state index in [1.54, 1.807) is 24.3 Å². The minimum absolute atomic E-state index is 0.00924. The number of benzene rings is 3. The number of hydrogen-bond donors (Lipinski definition) is 3. The van der Waals surface area contributed by atoms with Crippen LogP contribution in [0.5, 0.6) is 5.75 Å². The fraction of sp³-hybridized carbons (Fsp3) is 0.0952. The molecule has 0 aromatic heterocycles. The molecule has 142 valence electrons. The van der Waals surface area contributed by atoms with Crippen molar-refractivity contribution in [1.29, 1.82) is 0 Å². The summed E-state index contributed by atoms with van der Waals surface area (Å²) in [5.74, 6) is -0.175. The van der Waals surface area contributed by atoms with E-state index < -0.39 is 5.91 Å². The van der Waals surface area contributed by atoms with Crippen LogP contribution in [0, 0.1) is 6.92 Å². The second-order valence-corrected chi connectivity index (χ2v) is 6.50. The Labute approximate surface area is 167 Å². The predicted molar refractivity (Wildman–Crippen MR) is 112 cm³/mol. The number of nitrogens with one attached hydrogen (secondary N) is 3. The molecule has 0 aliphatic carbocycles. The third-order valence-corrected chi connectivity index (χ3v) is 4.14. The molecule has 0 aliphatic heterocycles. The van der Waals surface area contributed by atoms with Gasteiger partial charge in [-0.05, 0) is 42.7 Å². The number of rotatable bonds is 4. The van der Waals surface area contributed by atoms with Crippen molar-refractivity contribution in [3.63, 3.8) is 0 Å². The first-order valence-corrected chi connectivity index (χ1v) is 9.01. The highest BCUT2D eigenvalue weighted by atomic mass is 32.1. The Morgan fingerprint density at radius 1 is 0.964 bits per heavy atom. The number of carbonyl (C=O) groups is 2. The van der Waals surface area contributed by atoms with Crippen molar-refractivity contribution < 1.29 is 14.3 Å². The Morgan fingerprint density at radius 3 is 2.54 bits per heavy atom. The molecule has 3 aromatic rings. The maximum absolute atomic E-state index is 12.1. The van der Waals surface area contributed by atoms with Crippen molar-refractivity contribution in [2.75, 3.05) is 6.61 Å². The van der Waals surface area contributed by atoms with Crippen molar-refractivity contribution in [3.05, 3.63) is 77.9 Å². The monoisotopic (exact) mass is 393 g/mol. The average molecular weight is 393 g/mol. The summed E-state index contributed by atoms with van der Waals surface area (Å²) in [7, 11) is 0. The molecule has 0 unspecified atom stereocenters. The molecule has 0 spiro atoms. The first-order chi connectivity index (χ1) is 13.5. The Balaban J connectivity index is 1.47. The van der Waals surface area contributed by atoms with Gasteiger partial charge in [0.15, 0.2) is 11.7 Å². The molecule has 0 fully saturated rings. The van der Waals surface area contributed by atoms with Crippen LogP contribution in [-0.4, -0.2) is 23.5 Å². The maximum Gasteiger partial charge on any atom is 0.276 e. The highest BCUT2D eigenvalue weighted by molar-refractivity contribution is 7.80. The average Bonchev–Trinajstić information content (AvgIpc) is 2.70. The molecule has 0 heterocycles. The van der Waals surface area contributed by atoms with Gasteiger partial charge in [0.1, 0.15) is 5.75 Å². The van der Waals surface area contributed by atoms with Crippen LogP contribution < -0.4 is 20.9 Å². The van der Waals surface area contributed by atoms with Gasteiger partial charge in [-0.1, -0.05) is 54.1 Å². The lowest BCUT2D eigenvalue weighted by Crippen LogP contribution is -2.49. The van der Waals surface area contributed by atoms with Crippen molar-refractivity contribution >= 4 is 39.9 Å². The van der Waals surface area contributed by atoms with E-state index in [9.17, 15) is 9.59 Å². The first-order valence-electron chi connectivity index (χ1n) is 8.60. The molecule has 0 radical (unpaired) electrons. The summed E-state index contributed by atoms with van der Waals surface area (Å²) in [5.41, 5.74) is 6.33. The van der Waals surface area contributed by atoms with E-state index in [2.05, 4.69) is 16.2 Å². The van der Waals surface area contributed by atoms with Crippen LogP contribution in [0.3, 0.4) is 0 Å². The van der Waals surface area contributed by atoms with E-state index in [-0.39, 0.29) is 17.6 Å². The van der Waals surface area contributed by atoms with E-state index in [0.29, 0.717) is 11.3 Å². The summed E-state index contributed by atoms with van der Waals surface area (Å²) in [5, 5.41) is 4.44. The fourth-order valence-electron chi connectivity index (χ4n) is 2.62. The van der Waals surface area contributed by atoms with Gasteiger partial charge in [0.25, 0.3) is 11.8 Å². The molecular formula is C21H19N3O3S. The number of thiocarbonyl (C=S) groups is 1. The second-order valence-electron chi connectivity index (χ2n) is 6.09. The van der Waals surface area contributed by atoms with Gasteiger partial charge in [-0.25, -0.2) is 0 Å². The number of hydrazine groups is 1. The quantitative estimate of drug-likeness (QED) is 0.469. The summed E-state index contributed by atoms with van der Waals surface area (Å²) < 4.78 is 5.59. The predicted octanol–water partition coefficient (Wildman–Crippen LogP) is 2.86. The van der Waals surface area contributed by atoms with Crippen LogP contribution in [-0.2, 0) is 4.79 Å². The molecule has 2 amide bonds. The molecule has 0 saturated heterocycles. The second kappa shape index (κ2) is 8.96. The fourth-order valence-corrected chi connectivity index (χ4v) is 2.76. The van der Waals surface area contributed by atoms with Crippen LogP contribution >= 0.6 is 12.2 Å². The van der Waals surface area contributed by atoms with Crippen molar-refractivity contribution in [3.8, 4) is 5.75 Å². The summed E-state index contributed by atoms with van der Waals surface area (Å²) in [6.45, 7) is 1.69. The molecule has 0 aliphatic rings. The zero-order chi connectivity index (χ0) is 19.9. The lowest BCUT2D eigenvalue weighted by molar-refractivity contribution is -0.123. The van der Waals surface area contributed by atoms with Gasteiger partial charge in [-0.3, -0.25) is 25.8 Å². The van der Waals surface area contributed by atoms with Gasteiger partial charge in [0, 0.05) is 10.9 Å². The van der Waals surface area contributed by atoms with Gasteiger partial charge in [0.05, 0.1) is 0 Å². The van der Waals surface area contributed by atoms with Gasteiger partial charge >= 0.3 is 0 Å². The number of fused-ring (bicyclic) bond motifs is 1. The van der Waals surface area contributed by atoms with Gasteiger partial charge in [-0.2, -0.15) is 0 Å². The number of ether oxygens (including phenoxy) is 1. The smallest absolute Gasteiger partial charge is 0.276 e. The molecular weight excluding hydrogens is 374 g/mol. The number of aryl methyl sites for hydroxylation is 1. The highest BCUT2D eigenvalue weighted by Crippen LogP contribution is 2.24. The standard InChI is InChI=1S/C21H19N3O3S/c1-14-6-4-9-16(12-14)20(26)22-21(28)24-23-19(25)13-27-18-11-5-8-15-7-2-3-10-17(15)18/h2-12H,13H2,1H3,(H,23,25)(H2,22,24,26,28). The van der Waals surface area contributed by atoms with Crippen LogP contribution in [0.25, 0.3) is 10.8 Å². The number of hydrogen-bond acceptors (Lipinski definition) is 4. The van der Waals surface area contributed by atoms with Gasteiger partial charge in [0.2, 0.25) is 0 Å². The van der Waals surface area contributed by atoms with E-state index in [4.69, 9.17) is 17.0 Å². The summed E-state index contributed by atoms with van der Waals surface area (Å²) in [4.78, 5) is 24.1. The molecule has 3 rings (SSSR count). The Hall–Kier alpha value is -3.45. The van der Waals surface area contributed by atoms with E-state index >= 15 is 0 Å². The molecule has 6 nitrogen and oxygen atoms in total. The molecule has 28 heavy (non-hydrogen) atoms. The minimum Gasteiger partial charge on any atom is -0.483 e.